The first-order valence-electron chi connectivity index (χ1n) is 9.54. The van der Waals surface area contributed by atoms with Crippen molar-refractivity contribution < 1.29 is 26.7 Å². The summed E-state index contributed by atoms with van der Waals surface area (Å²) in [6.07, 6.45) is -2.71. The fraction of sp³-hybridized carbons (Fsp3) is 0.400. The van der Waals surface area contributed by atoms with E-state index >= 15 is 0 Å². The first kappa shape index (κ1) is 23.8. The van der Waals surface area contributed by atoms with Crippen LogP contribution in [0.5, 0.6) is 0 Å². The highest BCUT2D eigenvalue weighted by Crippen LogP contribution is 2.38. The summed E-state index contributed by atoms with van der Waals surface area (Å²) in [5.74, 6) is 6.20. The van der Waals surface area contributed by atoms with Crippen molar-refractivity contribution in [3.63, 3.8) is 0 Å². The van der Waals surface area contributed by atoms with E-state index in [0.29, 0.717) is 12.7 Å². The Morgan fingerprint density at radius 1 is 1.16 bits per heavy atom. The molecule has 0 amide bonds. The number of nitrogens with two attached hydrogens (primary N) is 1. The molecule has 0 unspecified atom stereocenters. The second-order valence-corrected chi connectivity index (χ2v) is 9.30. The van der Waals surface area contributed by atoms with Gasteiger partial charge in [0.15, 0.2) is 5.60 Å². The predicted octanol–water partition coefficient (Wildman–Crippen LogP) is 1.73. The van der Waals surface area contributed by atoms with Crippen LogP contribution in [0.1, 0.15) is 19.4 Å². The highest BCUT2D eigenvalue weighted by atomic mass is 32.2. The number of hydrogen-bond donors (Lipinski definition) is 2. The zero-order valence-electron chi connectivity index (χ0n) is 17.3. The van der Waals surface area contributed by atoms with E-state index in [1.54, 1.807) is 11.8 Å². The van der Waals surface area contributed by atoms with Gasteiger partial charge in [-0.1, -0.05) is 12.0 Å². The van der Waals surface area contributed by atoms with E-state index in [4.69, 9.17) is 5.73 Å². The molecule has 3 rings (SSSR count). The lowest BCUT2D eigenvalue weighted by Crippen LogP contribution is -2.54. The van der Waals surface area contributed by atoms with E-state index in [9.17, 15) is 26.7 Å². The maximum atomic E-state index is 13.1. The molecule has 2 aromatic rings. The molecule has 1 aliphatic heterocycles. The van der Waals surface area contributed by atoms with Crippen LogP contribution >= 0.6 is 0 Å². The molecule has 32 heavy (non-hydrogen) atoms. The summed E-state index contributed by atoms with van der Waals surface area (Å²) in [7, 11) is -3.84. The molecule has 2 atom stereocenters. The van der Waals surface area contributed by atoms with Crippen molar-refractivity contribution in [2.24, 2.45) is 0 Å². The van der Waals surface area contributed by atoms with Crippen LogP contribution in [0, 0.1) is 11.8 Å². The third kappa shape index (κ3) is 4.50. The zero-order valence-corrected chi connectivity index (χ0v) is 18.2. The van der Waals surface area contributed by atoms with E-state index in [1.807, 2.05) is 0 Å². The number of nitrogen functional groups attached to an aromatic ring is 1. The average molecular weight is 469 g/mol. The highest BCUT2D eigenvalue weighted by Gasteiger charge is 2.51. The quantitative estimate of drug-likeness (QED) is 0.656. The van der Waals surface area contributed by atoms with Gasteiger partial charge in [0, 0.05) is 37.6 Å². The standard InChI is InChI=1S/C20H22F3N5O3S/c1-3-4-15-13-27(32(30,31)16-6-7-17(24)25-12-16)9-10-28(15)18-8-5-14(11-26-18)19(2,29)20(21,22)23/h5-8,11-12,15,29H,9-10,13H2,1-2H3,(H2,24,25)/t15-,19-/m1/s1. The molecule has 3 heterocycles. The fourth-order valence-electron chi connectivity index (χ4n) is 3.24. The van der Waals surface area contributed by atoms with Crippen LogP contribution in [0.15, 0.2) is 41.6 Å². The Morgan fingerprint density at radius 2 is 1.88 bits per heavy atom. The summed E-state index contributed by atoms with van der Waals surface area (Å²) < 4.78 is 66.4. The van der Waals surface area contributed by atoms with Crippen LogP contribution in [-0.2, 0) is 15.6 Å². The lowest BCUT2D eigenvalue weighted by molar-refractivity contribution is -0.259. The van der Waals surface area contributed by atoms with Gasteiger partial charge in [0.05, 0.1) is 0 Å². The van der Waals surface area contributed by atoms with E-state index in [1.165, 1.54) is 28.7 Å². The normalized spacial score (nSPS) is 19.7. The van der Waals surface area contributed by atoms with Gasteiger partial charge in [-0.3, -0.25) is 0 Å². The molecule has 8 nitrogen and oxygen atoms in total. The molecular formula is C20H22F3N5O3S. The van der Waals surface area contributed by atoms with Gasteiger partial charge < -0.3 is 15.7 Å². The van der Waals surface area contributed by atoms with Crippen molar-refractivity contribution in [1.29, 1.82) is 0 Å². The van der Waals surface area contributed by atoms with Crippen LogP contribution in [0.3, 0.4) is 0 Å². The zero-order chi connectivity index (χ0) is 23.7. The molecular weight excluding hydrogens is 447 g/mol. The molecule has 0 bridgehead atoms. The van der Waals surface area contributed by atoms with E-state index in [0.717, 1.165) is 12.3 Å². The average Bonchev–Trinajstić information content (AvgIpc) is 2.73. The molecule has 1 aliphatic rings. The van der Waals surface area contributed by atoms with Crippen LogP contribution in [0.4, 0.5) is 24.8 Å². The fourth-order valence-corrected chi connectivity index (χ4v) is 4.63. The topological polar surface area (TPSA) is 113 Å². The highest BCUT2D eigenvalue weighted by molar-refractivity contribution is 7.89. The summed E-state index contributed by atoms with van der Waals surface area (Å²) in [5.41, 5.74) is 2.08. The second kappa shape index (κ2) is 8.57. The SMILES string of the molecule is CC#C[C@@H]1CN(S(=O)(=O)c2ccc(N)nc2)CCN1c1ccc([C@@](C)(O)C(F)(F)F)cn1. The minimum atomic E-state index is -4.86. The van der Waals surface area contributed by atoms with Crippen LogP contribution < -0.4 is 10.6 Å². The molecule has 1 fully saturated rings. The van der Waals surface area contributed by atoms with Crippen molar-refractivity contribution in [2.45, 2.75) is 36.6 Å². The van der Waals surface area contributed by atoms with Gasteiger partial charge in [-0.2, -0.15) is 17.5 Å². The smallest absolute Gasteiger partial charge is 0.384 e. The minimum absolute atomic E-state index is 0.000202. The molecule has 0 aliphatic carbocycles. The Balaban J connectivity index is 1.84. The molecule has 12 heteroatoms. The molecule has 1 saturated heterocycles. The van der Waals surface area contributed by atoms with Gasteiger partial charge in [-0.15, -0.1) is 5.92 Å². The number of halogens is 3. The number of aliphatic hydroxyl groups is 1. The summed E-state index contributed by atoms with van der Waals surface area (Å²) >= 11 is 0. The van der Waals surface area contributed by atoms with E-state index < -0.39 is 33.4 Å². The molecule has 172 valence electrons. The van der Waals surface area contributed by atoms with Crippen molar-refractivity contribution in [2.75, 3.05) is 30.3 Å². The predicted molar refractivity (Wildman–Crippen MR) is 112 cm³/mol. The number of sulfonamides is 1. The van der Waals surface area contributed by atoms with Crippen molar-refractivity contribution in [3.05, 3.63) is 42.2 Å². The van der Waals surface area contributed by atoms with Gasteiger partial charge in [-0.25, -0.2) is 18.4 Å². The molecule has 2 aromatic heterocycles. The number of alkyl halides is 3. The Hall–Kier alpha value is -2.88. The summed E-state index contributed by atoms with van der Waals surface area (Å²) in [6.45, 7) is 2.61. The number of hydrogen-bond acceptors (Lipinski definition) is 7. The minimum Gasteiger partial charge on any atom is -0.384 e. The van der Waals surface area contributed by atoms with Crippen LogP contribution in [0.2, 0.25) is 0 Å². The van der Waals surface area contributed by atoms with Gasteiger partial charge in [0.1, 0.15) is 22.6 Å². The van der Waals surface area contributed by atoms with Crippen molar-refractivity contribution in [1.82, 2.24) is 14.3 Å². The molecule has 0 saturated carbocycles. The first-order valence-corrected chi connectivity index (χ1v) is 11.0. The Bertz CT molecular complexity index is 1120. The number of anilines is 2. The number of rotatable bonds is 4. The molecule has 0 radical (unpaired) electrons. The molecule has 0 aromatic carbocycles. The van der Waals surface area contributed by atoms with E-state index in [2.05, 4.69) is 21.8 Å². The third-order valence-electron chi connectivity index (χ3n) is 5.21. The molecule has 3 N–H and O–H groups in total. The number of piperazine rings is 1. The maximum Gasteiger partial charge on any atom is 0.421 e. The summed E-state index contributed by atoms with van der Waals surface area (Å²) in [6, 6.07) is 4.70. The third-order valence-corrected chi connectivity index (χ3v) is 7.06. The Labute approximate surface area is 183 Å². The number of aromatic nitrogens is 2. The van der Waals surface area contributed by atoms with E-state index in [-0.39, 0.29) is 30.3 Å². The monoisotopic (exact) mass is 469 g/mol. The first-order chi connectivity index (χ1) is 14.9. The van der Waals surface area contributed by atoms with Gasteiger partial charge >= 0.3 is 6.18 Å². The second-order valence-electron chi connectivity index (χ2n) is 7.36. The maximum absolute atomic E-state index is 13.1. The van der Waals surface area contributed by atoms with Crippen molar-refractivity contribution in [3.8, 4) is 11.8 Å². The van der Waals surface area contributed by atoms with Gasteiger partial charge in [0.2, 0.25) is 10.0 Å². The lowest BCUT2D eigenvalue weighted by atomic mass is 9.97. The lowest BCUT2D eigenvalue weighted by Gasteiger charge is -2.39. The number of pyridine rings is 2. The summed E-state index contributed by atoms with van der Waals surface area (Å²) in [4.78, 5) is 9.62. The molecule has 0 spiro atoms. The van der Waals surface area contributed by atoms with Crippen molar-refractivity contribution >= 4 is 21.7 Å². The largest absolute Gasteiger partial charge is 0.421 e. The van der Waals surface area contributed by atoms with Crippen LogP contribution in [-0.4, -0.2) is 59.6 Å². The van der Waals surface area contributed by atoms with Crippen LogP contribution in [0.25, 0.3) is 0 Å². The number of nitrogens with zero attached hydrogens (tertiary/aromatic N) is 4. The Kier molecular flexibility index (Phi) is 6.37. The van der Waals surface area contributed by atoms with Gasteiger partial charge in [0.25, 0.3) is 0 Å². The van der Waals surface area contributed by atoms with Gasteiger partial charge in [-0.05, 0) is 32.0 Å². The summed E-state index contributed by atoms with van der Waals surface area (Å²) in [5, 5.41) is 9.82. The Morgan fingerprint density at radius 3 is 2.41 bits per heavy atom.